The Morgan fingerprint density at radius 3 is 2.71 bits per heavy atom. The van der Waals surface area contributed by atoms with Gasteiger partial charge < -0.3 is 5.73 Å². The predicted octanol–water partition coefficient (Wildman–Crippen LogP) is 0.520. The molecule has 0 fully saturated rings. The van der Waals surface area contributed by atoms with Crippen molar-refractivity contribution in [2.75, 3.05) is 5.73 Å². The van der Waals surface area contributed by atoms with Crippen molar-refractivity contribution >= 4 is 38.6 Å². The van der Waals surface area contributed by atoms with Crippen LogP contribution in [-0.4, -0.2) is 21.7 Å². The molecule has 0 saturated heterocycles. The standard InChI is InChI=1S/C6H5N3O3S2/c7-3-1-2-4-5(9-13-8-4)6(3)14(10,11)12/h1-2H,7H2,(H,10,11,12). The van der Waals surface area contributed by atoms with Gasteiger partial charge in [-0.15, -0.1) is 0 Å². The van der Waals surface area contributed by atoms with E-state index in [1.54, 1.807) is 6.07 Å². The molecule has 0 aliphatic heterocycles. The summed E-state index contributed by atoms with van der Waals surface area (Å²) in [5, 5.41) is 0. The molecule has 2 aromatic rings. The molecule has 3 N–H and O–H groups in total. The van der Waals surface area contributed by atoms with Gasteiger partial charge in [-0.3, -0.25) is 4.55 Å². The van der Waals surface area contributed by atoms with Crippen LogP contribution in [0, 0.1) is 0 Å². The van der Waals surface area contributed by atoms with Gasteiger partial charge in [-0.1, -0.05) is 0 Å². The van der Waals surface area contributed by atoms with Crippen LogP contribution in [0.2, 0.25) is 0 Å². The van der Waals surface area contributed by atoms with Crippen LogP contribution in [0.5, 0.6) is 0 Å². The van der Waals surface area contributed by atoms with E-state index in [9.17, 15) is 8.42 Å². The molecule has 1 aromatic heterocycles. The highest BCUT2D eigenvalue weighted by atomic mass is 32.2. The zero-order valence-corrected chi connectivity index (χ0v) is 8.34. The van der Waals surface area contributed by atoms with Crippen LogP contribution in [0.4, 0.5) is 5.69 Å². The summed E-state index contributed by atoms with van der Waals surface area (Å²) in [6, 6.07) is 2.91. The van der Waals surface area contributed by atoms with Gasteiger partial charge >= 0.3 is 0 Å². The number of anilines is 1. The van der Waals surface area contributed by atoms with Gasteiger partial charge in [-0.25, -0.2) is 0 Å². The Labute approximate surface area is 83.4 Å². The average molecular weight is 231 g/mol. The number of aromatic nitrogens is 2. The largest absolute Gasteiger partial charge is 0.398 e. The number of nitrogens with zero attached hydrogens (tertiary/aromatic N) is 2. The van der Waals surface area contributed by atoms with E-state index in [2.05, 4.69) is 8.75 Å². The number of hydrogen-bond donors (Lipinski definition) is 2. The quantitative estimate of drug-likeness (QED) is 0.547. The average Bonchev–Trinajstić information content (AvgIpc) is 2.48. The lowest BCUT2D eigenvalue weighted by Crippen LogP contribution is -2.03. The van der Waals surface area contributed by atoms with Crippen molar-refractivity contribution in [1.29, 1.82) is 0 Å². The SMILES string of the molecule is Nc1ccc2nsnc2c1S(=O)(=O)O. The summed E-state index contributed by atoms with van der Waals surface area (Å²) in [7, 11) is -4.35. The smallest absolute Gasteiger partial charge is 0.298 e. The van der Waals surface area contributed by atoms with Crippen LogP contribution >= 0.6 is 11.7 Å². The Morgan fingerprint density at radius 1 is 1.36 bits per heavy atom. The highest BCUT2D eigenvalue weighted by Gasteiger charge is 2.20. The number of benzene rings is 1. The van der Waals surface area contributed by atoms with Gasteiger partial charge in [-0.2, -0.15) is 17.2 Å². The van der Waals surface area contributed by atoms with Crippen molar-refractivity contribution < 1.29 is 13.0 Å². The summed E-state index contributed by atoms with van der Waals surface area (Å²) in [5.74, 6) is 0. The monoisotopic (exact) mass is 231 g/mol. The van der Waals surface area contributed by atoms with E-state index < -0.39 is 10.1 Å². The molecule has 0 aliphatic rings. The van der Waals surface area contributed by atoms with Gasteiger partial charge in [0.1, 0.15) is 15.9 Å². The summed E-state index contributed by atoms with van der Waals surface area (Å²) in [4.78, 5) is -0.372. The zero-order valence-electron chi connectivity index (χ0n) is 6.71. The minimum atomic E-state index is -4.35. The van der Waals surface area contributed by atoms with E-state index in [-0.39, 0.29) is 16.1 Å². The molecule has 0 amide bonds. The van der Waals surface area contributed by atoms with E-state index in [0.29, 0.717) is 5.52 Å². The molecule has 0 spiro atoms. The zero-order chi connectivity index (χ0) is 10.3. The molecule has 0 unspecified atom stereocenters. The third-order valence-corrected chi connectivity index (χ3v) is 3.16. The molecular weight excluding hydrogens is 226 g/mol. The Hall–Kier alpha value is -1.25. The predicted molar refractivity (Wildman–Crippen MR) is 51.6 cm³/mol. The number of nitrogens with two attached hydrogens (primary N) is 1. The summed E-state index contributed by atoms with van der Waals surface area (Å²) in [5.41, 5.74) is 5.90. The first-order chi connectivity index (χ1) is 6.50. The Bertz CT molecular complexity index is 589. The van der Waals surface area contributed by atoms with Crippen LogP contribution < -0.4 is 5.73 Å². The molecule has 0 bridgehead atoms. The van der Waals surface area contributed by atoms with Crippen molar-refractivity contribution in [3.05, 3.63) is 12.1 Å². The van der Waals surface area contributed by atoms with Crippen molar-refractivity contribution in [3.63, 3.8) is 0 Å². The summed E-state index contributed by atoms with van der Waals surface area (Å²) >= 11 is 0.861. The van der Waals surface area contributed by atoms with Crippen LogP contribution in [0.25, 0.3) is 11.0 Å². The van der Waals surface area contributed by atoms with Gasteiger partial charge in [0.05, 0.1) is 17.4 Å². The van der Waals surface area contributed by atoms with Crippen molar-refractivity contribution in [1.82, 2.24) is 8.75 Å². The number of hydrogen-bond acceptors (Lipinski definition) is 6. The Balaban J connectivity index is 2.98. The lowest BCUT2D eigenvalue weighted by atomic mass is 10.3. The topological polar surface area (TPSA) is 106 Å². The van der Waals surface area contributed by atoms with Crippen molar-refractivity contribution in [2.45, 2.75) is 4.90 Å². The molecule has 74 valence electrons. The van der Waals surface area contributed by atoms with Crippen molar-refractivity contribution in [3.8, 4) is 0 Å². The van der Waals surface area contributed by atoms with Gasteiger partial charge in [0.25, 0.3) is 10.1 Å². The third kappa shape index (κ3) is 1.33. The second-order valence-corrected chi connectivity index (χ2v) is 4.48. The number of rotatable bonds is 1. The summed E-state index contributed by atoms with van der Waals surface area (Å²) in [6.45, 7) is 0. The molecule has 0 aliphatic carbocycles. The van der Waals surface area contributed by atoms with Gasteiger partial charge in [-0.05, 0) is 12.1 Å². The van der Waals surface area contributed by atoms with E-state index in [1.165, 1.54) is 6.07 Å². The molecular formula is C6H5N3O3S2. The molecule has 0 radical (unpaired) electrons. The second-order valence-electron chi connectivity index (χ2n) is 2.59. The fourth-order valence-electron chi connectivity index (χ4n) is 1.11. The Kier molecular flexibility index (Phi) is 1.91. The van der Waals surface area contributed by atoms with Gasteiger partial charge in [0.2, 0.25) is 0 Å². The minimum absolute atomic E-state index is 0.0345. The van der Waals surface area contributed by atoms with Crippen LogP contribution in [0.1, 0.15) is 0 Å². The van der Waals surface area contributed by atoms with E-state index in [1.807, 2.05) is 0 Å². The number of fused-ring (bicyclic) bond motifs is 1. The molecule has 0 atom stereocenters. The van der Waals surface area contributed by atoms with Crippen LogP contribution in [0.3, 0.4) is 0 Å². The van der Waals surface area contributed by atoms with Crippen LogP contribution in [0.15, 0.2) is 17.0 Å². The first-order valence-electron chi connectivity index (χ1n) is 3.48. The van der Waals surface area contributed by atoms with Crippen LogP contribution in [-0.2, 0) is 10.1 Å². The fraction of sp³-hybridized carbons (Fsp3) is 0. The summed E-state index contributed by atoms with van der Waals surface area (Å²) in [6.07, 6.45) is 0. The maximum atomic E-state index is 11.0. The van der Waals surface area contributed by atoms with Crippen molar-refractivity contribution in [2.24, 2.45) is 0 Å². The molecule has 8 heteroatoms. The fourth-order valence-corrected chi connectivity index (χ4v) is 2.48. The molecule has 0 saturated carbocycles. The van der Waals surface area contributed by atoms with E-state index in [4.69, 9.17) is 10.3 Å². The molecule has 6 nitrogen and oxygen atoms in total. The van der Waals surface area contributed by atoms with E-state index >= 15 is 0 Å². The molecule has 2 rings (SSSR count). The first-order valence-corrected chi connectivity index (χ1v) is 5.65. The second kappa shape index (κ2) is 2.87. The molecule has 1 heterocycles. The number of nitrogen functional groups attached to an aromatic ring is 1. The van der Waals surface area contributed by atoms with E-state index in [0.717, 1.165) is 11.7 Å². The van der Waals surface area contributed by atoms with Gasteiger partial charge in [0.15, 0.2) is 0 Å². The molecule has 14 heavy (non-hydrogen) atoms. The first kappa shape index (κ1) is 9.31. The Morgan fingerprint density at radius 2 is 2.07 bits per heavy atom. The molecule has 1 aromatic carbocycles. The maximum absolute atomic E-state index is 11.0. The highest BCUT2D eigenvalue weighted by molar-refractivity contribution is 7.86. The summed E-state index contributed by atoms with van der Waals surface area (Å²) < 4.78 is 38.5. The lowest BCUT2D eigenvalue weighted by molar-refractivity contribution is 0.484. The highest BCUT2D eigenvalue weighted by Crippen LogP contribution is 2.26. The maximum Gasteiger partial charge on any atom is 0.298 e. The lowest BCUT2D eigenvalue weighted by Gasteiger charge is -2.01. The minimum Gasteiger partial charge on any atom is -0.398 e. The normalized spacial score (nSPS) is 12.1. The third-order valence-electron chi connectivity index (χ3n) is 1.67. The van der Waals surface area contributed by atoms with Gasteiger partial charge in [0, 0.05) is 0 Å².